The first-order chi connectivity index (χ1) is 14.3. The molecule has 0 bridgehead atoms. The number of hydrogen-bond acceptors (Lipinski definition) is 4. The van der Waals surface area contributed by atoms with Gasteiger partial charge in [0.15, 0.2) is 0 Å². The summed E-state index contributed by atoms with van der Waals surface area (Å²) in [6.07, 6.45) is 1.26. The van der Waals surface area contributed by atoms with E-state index in [4.69, 9.17) is 11.6 Å². The second kappa shape index (κ2) is 8.00. The average molecular weight is 449 g/mol. The van der Waals surface area contributed by atoms with Crippen LogP contribution in [0.15, 0.2) is 64.6 Å². The fourth-order valence-corrected chi connectivity index (χ4v) is 4.44. The van der Waals surface area contributed by atoms with Gasteiger partial charge in [-0.1, -0.05) is 41.9 Å². The van der Waals surface area contributed by atoms with Crippen molar-refractivity contribution in [3.05, 3.63) is 88.2 Å². The van der Waals surface area contributed by atoms with Crippen LogP contribution in [0, 0.1) is 11.6 Å². The fraction of sp³-hybridized carbons (Fsp3) is 0.100. The van der Waals surface area contributed by atoms with Crippen LogP contribution in [0.5, 0.6) is 0 Å². The van der Waals surface area contributed by atoms with Crippen molar-refractivity contribution in [2.45, 2.75) is 17.9 Å². The summed E-state index contributed by atoms with van der Waals surface area (Å²) in [6.45, 7) is -0.279. The molecule has 0 atom stereocenters. The zero-order valence-electron chi connectivity index (χ0n) is 15.4. The van der Waals surface area contributed by atoms with E-state index in [0.29, 0.717) is 28.8 Å². The molecule has 0 aliphatic carbocycles. The standard InChI is InChI=1S/C20H15ClF2N4O2S/c21-15-6-2-1-4-12(15)8-13-5-3-7-18-19(13)26-20(27-30(18,28)29)25-11-17-16(23)9-14(22)10-24-17/h1-7,9-10H,8,11H2,(H2,25,26,27). The lowest BCUT2D eigenvalue weighted by Crippen LogP contribution is -2.41. The van der Waals surface area contributed by atoms with Crippen molar-refractivity contribution in [1.29, 1.82) is 0 Å². The SMILES string of the molecule is O=S1(=O)NC(=NCc2ncc(F)cc2F)Nc2c(Cc3ccccc3Cl)cccc21. The molecule has 0 spiro atoms. The number of benzene rings is 2. The van der Waals surface area contributed by atoms with Crippen molar-refractivity contribution in [2.75, 3.05) is 5.32 Å². The Kier molecular flexibility index (Phi) is 5.40. The molecule has 0 amide bonds. The molecule has 4 rings (SSSR count). The Labute approximate surface area is 176 Å². The van der Waals surface area contributed by atoms with Gasteiger partial charge in [-0.15, -0.1) is 0 Å². The van der Waals surface area contributed by atoms with E-state index in [1.165, 1.54) is 6.07 Å². The Morgan fingerprint density at radius 3 is 2.60 bits per heavy atom. The summed E-state index contributed by atoms with van der Waals surface area (Å²) in [6, 6.07) is 12.9. The minimum absolute atomic E-state index is 0.0668. The molecule has 2 heterocycles. The fourth-order valence-electron chi connectivity index (χ4n) is 3.05. The van der Waals surface area contributed by atoms with Crippen molar-refractivity contribution in [1.82, 2.24) is 9.71 Å². The number of sulfonamides is 1. The number of fused-ring (bicyclic) bond motifs is 1. The van der Waals surface area contributed by atoms with Crippen LogP contribution in [0.3, 0.4) is 0 Å². The quantitative estimate of drug-likeness (QED) is 0.634. The summed E-state index contributed by atoms with van der Waals surface area (Å²) in [5, 5.41) is 3.52. The van der Waals surface area contributed by atoms with Gasteiger partial charge in [0.2, 0.25) is 5.96 Å². The Hall–Kier alpha value is -3.04. The first-order valence-electron chi connectivity index (χ1n) is 8.83. The number of pyridine rings is 1. The summed E-state index contributed by atoms with van der Waals surface area (Å²) < 4.78 is 54.5. The first kappa shape index (κ1) is 20.2. The van der Waals surface area contributed by atoms with E-state index in [0.717, 1.165) is 11.8 Å². The van der Waals surface area contributed by atoms with Gasteiger partial charge in [-0.25, -0.2) is 26.9 Å². The monoisotopic (exact) mass is 448 g/mol. The van der Waals surface area contributed by atoms with Crippen LogP contribution < -0.4 is 10.0 Å². The highest BCUT2D eigenvalue weighted by Crippen LogP contribution is 2.31. The Balaban J connectivity index is 1.68. The van der Waals surface area contributed by atoms with Crippen LogP contribution >= 0.6 is 11.6 Å². The molecule has 30 heavy (non-hydrogen) atoms. The first-order valence-corrected chi connectivity index (χ1v) is 10.7. The lowest BCUT2D eigenvalue weighted by molar-refractivity contribution is 0.558. The number of nitrogens with one attached hydrogen (secondary N) is 2. The molecule has 10 heteroatoms. The van der Waals surface area contributed by atoms with Gasteiger partial charge < -0.3 is 5.32 Å². The average Bonchev–Trinajstić information content (AvgIpc) is 2.69. The van der Waals surface area contributed by atoms with E-state index in [9.17, 15) is 17.2 Å². The Morgan fingerprint density at radius 1 is 1.07 bits per heavy atom. The van der Waals surface area contributed by atoms with Crippen LogP contribution in [-0.4, -0.2) is 19.4 Å². The zero-order valence-corrected chi connectivity index (χ0v) is 16.9. The van der Waals surface area contributed by atoms with Crippen molar-refractivity contribution < 1.29 is 17.2 Å². The summed E-state index contributed by atoms with van der Waals surface area (Å²) in [4.78, 5) is 7.78. The highest BCUT2D eigenvalue weighted by molar-refractivity contribution is 7.90. The number of halogens is 3. The number of anilines is 1. The molecule has 0 unspecified atom stereocenters. The maximum absolute atomic E-state index is 13.8. The number of guanidine groups is 1. The van der Waals surface area contributed by atoms with Crippen molar-refractivity contribution >= 4 is 33.3 Å². The van der Waals surface area contributed by atoms with Crippen LogP contribution in [0.1, 0.15) is 16.8 Å². The molecule has 0 saturated carbocycles. The molecule has 2 aromatic carbocycles. The molecule has 2 N–H and O–H groups in total. The molecular weight excluding hydrogens is 434 g/mol. The van der Waals surface area contributed by atoms with Crippen LogP contribution in [0.4, 0.5) is 14.5 Å². The van der Waals surface area contributed by atoms with Crippen LogP contribution in [0.2, 0.25) is 5.02 Å². The molecular formula is C20H15ClF2N4O2S. The normalized spacial score (nSPS) is 15.9. The molecule has 0 saturated heterocycles. The third-order valence-electron chi connectivity index (χ3n) is 4.49. The van der Waals surface area contributed by atoms with Gasteiger partial charge in [-0.2, -0.15) is 0 Å². The Morgan fingerprint density at radius 2 is 1.83 bits per heavy atom. The van der Waals surface area contributed by atoms with Gasteiger partial charge in [-0.05, 0) is 23.3 Å². The van der Waals surface area contributed by atoms with Gasteiger partial charge in [-0.3, -0.25) is 4.98 Å². The second-order valence-electron chi connectivity index (χ2n) is 6.54. The number of aliphatic imine (C=N–C) groups is 1. The molecule has 0 radical (unpaired) electrons. The summed E-state index contributed by atoms with van der Waals surface area (Å²) in [5.74, 6) is -1.75. The summed E-state index contributed by atoms with van der Waals surface area (Å²) in [7, 11) is -3.89. The third kappa shape index (κ3) is 4.12. The van der Waals surface area contributed by atoms with E-state index in [-0.39, 0.29) is 23.1 Å². The predicted octanol–water partition coefficient (Wildman–Crippen LogP) is 3.86. The second-order valence-corrected chi connectivity index (χ2v) is 8.59. The minimum atomic E-state index is -3.89. The van der Waals surface area contributed by atoms with E-state index in [1.807, 2.05) is 18.2 Å². The maximum atomic E-state index is 13.8. The summed E-state index contributed by atoms with van der Waals surface area (Å²) in [5.41, 5.74) is 1.79. The topological polar surface area (TPSA) is 83.5 Å². The van der Waals surface area contributed by atoms with Crippen molar-refractivity contribution in [3.8, 4) is 0 Å². The molecule has 3 aromatic rings. The minimum Gasteiger partial charge on any atom is -0.324 e. The smallest absolute Gasteiger partial charge is 0.266 e. The maximum Gasteiger partial charge on any atom is 0.266 e. The summed E-state index contributed by atoms with van der Waals surface area (Å²) >= 11 is 6.24. The zero-order chi connectivity index (χ0) is 21.3. The number of nitrogens with zero attached hydrogens (tertiary/aromatic N) is 2. The largest absolute Gasteiger partial charge is 0.324 e. The lowest BCUT2D eigenvalue weighted by atomic mass is 10.0. The highest BCUT2D eigenvalue weighted by Gasteiger charge is 2.28. The van der Waals surface area contributed by atoms with Gasteiger partial charge in [0.1, 0.15) is 16.5 Å². The van der Waals surface area contributed by atoms with Crippen molar-refractivity contribution in [2.24, 2.45) is 4.99 Å². The molecule has 1 aliphatic heterocycles. The molecule has 0 fully saturated rings. The van der Waals surface area contributed by atoms with Crippen LogP contribution in [0.25, 0.3) is 0 Å². The lowest BCUT2D eigenvalue weighted by Gasteiger charge is -2.24. The Bertz CT molecular complexity index is 1270. The van der Waals surface area contributed by atoms with E-state index < -0.39 is 21.7 Å². The molecule has 1 aliphatic rings. The van der Waals surface area contributed by atoms with Gasteiger partial charge >= 0.3 is 0 Å². The van der Waals surface area contributed by atoms with Gasteiger partial charge in [0, 0.05) is 17.5 Å². The third-order valence-corrected chi connectivity index (χ3v) is 6.24. The van der Waals surface area contributed by atoms with Crippen molar-refractivity contribution in [3.63, 3.8) is 0 Å². The van der Waals surface area contributed by atoms with Gasteiger partial charge in [0.05, 0.1) is 24.1 Å². The van der Waals surface area contributed by atoms with E-state index >= 15 is 0 Å². The van der Waals surface area contributed by atoms with Crippen LogP contribution in [-0.2, 0) is 23.0 Å². The predicted molar refractivity (Wildman–Crippen MR) is 110 cm³/mol. The molecule has 1 aromatic heterocycles. The number of para-hydroxylation sites is 1. The number of aromatic nitrogens is 1. The molecule has 154 valence electrons. The number of rotatable bonds is 4. The van der Waals surface area contributed by atoms with Gasteiger partial charge in [0.25, 0.3) is 10.0 Å². The highest BCUT2D eigenvalue weighted by atomic mass is 35.5. The van der Waals surface area contributed by atoms with E-state index in [1.54, 1.807) is 18.2 Å². The molecule has 6 nitrogen and oxygen atoms in total. The number of hydrogen-bond donors (Lipinski definition) is 2. The van der Waals surface area contributed by atoms with E-state index in [2.05, 4.69) is 20.0 Å².